The van der Waals surface area contributed by atoms with Crippen LogP contribution in [0.25, 0.3) is 10.8 Å². The molecule has 0 unspecified atom stereocenters. The van der Waals surface area contributed by atoms with Crippen LogP contribution < -0.4 is 21.3 Å². The van der Waals surface area contributed by atoms with Crippen LogP contribution in [0.4, 0.5) is 17.8 Å². The van der Waals surface area contributed by atoms with Crippen molar-refractivity contribution in [2.75, 3.05) is 35.6 Å². The number of aromatic nitrogens is 3. The fourth-order valence-corrected chi connectivity index (χ4v) is 4.78. The summed E-state index contributed by atoms with van der Waals surface area (Å²) in [5.41, 5.74) is 7.14. The minimum absolute atomic E-state index is 0.0370. The van der Waals surface area contributed by atoms with E-state index in [0.717, 1.165) is 38.0 Å². The summed E-state index contributed by atoms with van der Waals surface area (Å²) in [6.45, 7) is 2.86. The van der Waals surface area contributed by atoms with Gasteiger partial charge in [-0.2, -0.15) is 15.0 Å². The number of nitrogen functional groups attached to an aromatic ring is 1. The smallest absolute Gasteiger partial charge is 0.320 e. The predicted octanol–water partition coefficient (Wildman–Crippen LogP) is 2.25. The van der Waals surface area contributed by atoms with E-state index in [4.69, 9.17) is 5.73 Å². The topological polar surface area (TPSA) is 129 Å². The van der Waals surface area contributed by atoms with Crippen LogP contribution in [-0.2, 0) is 11.3 Å². The van der Waals surface area contributed by atoms with Crippen molar-refractivity contribution in [2.45, 2.75) is 31.8 Å². The van der Waals surface area contributed by atoms with Gasteiger partial charge in [0.1, 0.15) is 6.04 Å². The van der Waals surface area contributed by atoms with Crippen molar-refractivity contribution in [3.63, 3.8) is 0 Å². The average molecular weight is 434 g/mol. The van der Waals surface area contributed by atoms with Gasteiger partial charge in [0.2, 0.25) is 17.8 Å². The highest BCUT2D eigenvalue weighted by Crippen LogP contribution is 2.40. The summed E-state index contributed by atoms with van der Waals surface area (Å²) < 4.78 is 0. The van der Waals surface area contributed by atoms with Crippen LogP contribution in [0.15, 0.2) is 42.5 Å². The zero-order valence-corrected chi connectivity index (χ0v) is 17.8. The molecule has 0 aliphatic carbocycles. The van der Waals surface area contributed by atoms with Crippen LogP contribution in [0.5, 0.6) is 0 Å². The lowest BCUT2D eigenvalue weighted by Gasteiger charge is -2.38. The summed E-state index contributed by atoms with van der Waals surface area (Å²) in [5, 5.41) is 18.1. The second-order valence-corrected chi connectivity index (χ2v) is 8.82. The zero-order valence-electron chi connectivity index (χ0n) is 17.8. The number of nitrogens with zero attached hydrogens (tertiary/aromatic N) is 4. The van der Waals surface area contributed by atoms with Gasteiger partial charge < -0.3 is 26.4 Å². The SMILES string of the molecule is Nc1nc(NCc2ccc3ccccc3c2)nc(N2CCC3(CC2)CN[C@H](C(=O)O)C3)n1. The van der Waals surface area contributed by atoms with Crippen molar-refractivity contribution in [3.8, 4) is 0 Å². The summed E-state index contributed by atoms with van der Waals surface area (Å²) >= 11 is 0. The Kier molecular flexibility index (Phi) is 5.26. The van der Waals surface area contributed by atoms with E-state index >= 15 is 0 Å². The number of hydrogen-bond acceptors (Lipinski definition) is 8. The van der Waals surface area contributed by atoms with Crippen molar-refractivity contribution in [3.05, 3.63) is 48.0 Å². The Morgan fingerprint density at radius 3 is 2.69 bits per heavy atom. The summed E-state index contributed by atoms with van der Waals surface area (Å²) in [6.07, 6.45) is 2.47. The summed E-state index contributed by atoms with van der Waals surface area (Å²) in [5.74, 6) is 0.435. The summed E-state index contributed by atoms with van der Waals surface area (Å²) in [6, 6.07) is 14.2. The van der Waals surface area contributed by atoms with Crippen molar-refractivity contribution in [2.24, 2.45) is 5.41 Å². The molecule has 1 atom stereocenters. The molecule has 5 N–H and O–H groups in total. The monoisotopic (exact) mass is 433 g/mol. The highest BCUT2D eigenvalue weighted by atomic mass is 16.4. The Morgan fingerprint density at radius 2 is 1.94 bits per heavy atom. The number of piperidine rings is 1. The molecule has 5 rings (SSSR count). The van der Waals surface area contributed by atoms with Crippen LogP contribution in [0.1, 0.15) is 24.8 Å². The first-order valence-corrected chi connectivity index (χ1v) is 10.9. The molecular weight excluding hydrogens is 406 g/mol. The number of benzene rings is 2. The first-order valence-electron chi connectivity index (χ1n) is 10.9. The number of carbonyl (C=O) groups is 1. The summed E-state index contributed by atoms with van der Waals surface area (Å²) in [4.78, 5) is 26.6. The van der Waals surface area contributed by atoms with Crippen LogP contribution in [0.2, 0.25) is 0 Å². The second kappa shape index (κ2) is 8.23. The molecule has 166 valence electrons. The fraction of sp³-hybridized carbons (Fsp3) is 0.391. The molecule has 9 nitrogen and oxygen atoms in total. The molecule has 0 saturated carbocycles. The standard InChI is InChI=1S/C23H27N7O2/c24-20-27-21(25-13-15-5-6-16-3-1-2-4-17(16)11-15)29-22(28-20)30-9-7-23(8-10-30)12-18(19(31)32)26-14-23/h1-6,11,18,26H,7-10,12-14H2,(H,31,32)(H3,24,25,27,28,29)/t18-/m0/s1. The third-order valence-electron chi connectivity index (χ3n) is 6.67. The molecular formula is C23H27N7O2. The predicted molar refractivity (Wildman–Crippen MR) is 123 cm³/mol. The Hall–Kier alpha value is -3.46. The molecule has 1 spiro atoms. The zero-order chi connectivity index (χ0) is 22.1. The van der Waals surface area contributed by atoms with Crippen LogP contribution in [0.3, 0.4) is 0 Å². The maximum atomic E-state index is 11.3. The first-order chi connectivity index (χ1) is 15.5. The molecule has 2 fully saturated rings. The number of nitrogens with two attached hydrogens (primary N) is 1. The lowest BCUT2D eigenvalue weighted by atomic mass is 9.76. The summed E-state index contributed by atoms with van der Waals surface area (Å²) in [7, 11) is 0. The van der Waals surface area contributed by atoms with Gasteiger partial charge in [-0.3, -0.25) is 4.79 Å². The van der Waals surface area contributed by atoms with Crippen molar-refractivity contribution < 1.29 is 9.90 Å². The fourth-order valence-electron chi connectivity index (χ4n) is 4.78. The van der Waals surface area contributed by atoms with Gasteiger partial charge in [0.05, 0.1) is 0 Å². The van der Waals surface area contributed by atoms with Crippen molar-refractivity contribution in [1.29, 1.82) is 0 Å². The highest BCUT2D eigenvalue weighted by Gasteiger charge is 2.43. The van der Waals surface area contributed by atoms with E-state index in [9.17, 15) is 9.90 Å². The lowest BCUT2D eigenvalue weighted by Crippen LogP contribution is -2.42. The van der Waals surface area contributed by atoms with Gasteiger partial charge in [0.15, 0.2) is 0 Å². The minimum atomic E-state index is -0.767. The second-order valence-electron chi connectivity index (χ2n) is 8.82. The number of nitrogens with one attached hydrogen (secondary N) is 2. The number of anilines is 3. The molecule has 2 aromatic carbocycles. The Labute approximate surface area is 186 Å². The van der Waals surface area contributed by atoms with Crippen LogP contribution in [-0.4, -0.2) is 51.7 Å². The maximum absolute atomic E-state index is 11.3. The number of carboxylic acid groups (broad SMARTS) is 1. The van der Waals surface area contributed by atoms with E-state index in [0.29, 0.717) is 24.9 Å². The molecule has 0 amide bonds. The minimum Gasteiger partial charge on any atom is -0.480 e. The number of rotatable bonds is 5. The van der Waals surface area contributed by atoms with Gasteiger partial charge >= 0.3 is 5.97 Å². The quantitative estimate of drug-likeness (QED) is 0.479. The van der Waals surface area contributed by atoms with E-state index in [1.54, 1.807) is 0 Å². The van der Waals surface area contributed by atoms with Crippen molar-refractivity contribution >= 4 is 34.6 Å². The van der Waals surface area contributed by atoms with Gasteiger partial charge in [0, 0.05) is 26.2 Å². The van der Waals surface area contributed by atoms with E-state index in [-0.39, 0.29) is 11.4 Å². The van der Waals surface area contributed by atoms with Gasteiger partial charge in [-0.15, -0.1) is 0 Å². The molecule has 0 bridgehead atoms. The molecule has 2 aliphatic rings. The molecule has 3 heterocycles. The molecule has 1 aromatic heterocycles. The molecule has 3 aromatic rings. The third-order valence-corrected chi connectivity index (χ3v) is 6.67. The van der Waals surface area contributed by atoms with E-state index in [1.807, 2.05) is 12.1 Å². The van der Waals surface area contributed by atoms with Crippen LogP contribution >= 0.6 is 0 Å². The molecule has 2 saturated heterocycles. The Balaban J connectivity index is 1.24. The number of fused-ring (bicyclic) bond motifs is 1. The van der Waals surface area contributed by atoms with E-state index in [1.165, 1.54) is 10.8 Å². The number of hydrogen-bond donors (Lipinski definition) is 4. The molecule has 0 radical (unpaired) electrons. The first kappa shape index (κ1) is 20.4. The van der Waals surface area contributed by atoms with Crippen LogP contribution in [0, 0.1) is 5.41 Å². The Morgan fingerprint density at radius 1 is 1.16 bits per heavy atom. The van der Waals surface area contributed by atoms with Gasteiger partial charge in [0.25, 0.3) is 0 Å². The normalized spacial score (nSPS) is 20.0. The van der Waals surface area contributed by atoms with E-state index < -0.39 is 12.0 Å². The van der Waals surface area contributed by atoms with Gasteiger partial charge in [-0.25, -0.2) is 0 Å². The van der Waals surface area contributed by atoms with E-state index in [2.05, 4.69) is 60.8 Å². The maximum Gasteiger partial charge on any atom is 0.320 e. The lowest BCUT2D eigenvalue weighted by molar-refractivity contribution is -0.139. The molecule has 9 heteroatoms. The molecule has 2 aliphatic heterocycles. The largest absolute Gasteiger partial charge is 0.480 e. The number of carboxylic acids is 1. The van der Waals surface area contributed by atoms with Crippen molar-refractivity contribution in [1.82, 2.24) is 20.3 Å². The highest BCUT2D eigenvalue weighted by molar-refractivity contribution is 5.83. The van der Waals surface area contributed by atoms with Gasteiger partial charge in [-0.1, -0.05) is 36.4 Å². The average Bonchev–Trinajstić information content (AvgIpc) is 3.21. The Bertz CT molecular complexity index is 1140. The molecule has 32 heavy (non-hydrogen) atoms. The number of aliphatic carboxylic acids is 1. The third kappa shape index (κ3) is 4.16. The van der Waals surface area contributed by atoms with Gasteiger partial charge in [-0.05, 0) is 47.1 Å².